The summed E-state index contributed by atoms with van der Waals surface area (Å²) in [6.07, 6.45) is -0.430. The van der Waals surface area contributed by atoms with Gasteiger partial charge in [0.15, 0.2) is 0 Å². The molecule has 37 heavy (non-hydrogen) atoms. The molecular weight excluding hydrogens is 481 g/mol. The van der Waals surface area contributed by atoms with Gasteiger partial charge in [0, 0.05) is 23.5 Å². The minimum absolute atomic E-state index is 0.418. The predicted octanol–water partition coefficient (Wildman–Crippen LogP) is 6.53. The molecule has 0 radical (unpaired) electrons. The summed E-state index contributed by atoms with van der Waals surface area (Å²) in [5.41, 5.74) is 10.2. The van der Waals surface area contributed by atoms with Gasteiger partial charge in [-0.25, -0.2) is 9.78 Å². The van der Waals surface area contributed by atoms with Crippen molar-refractivity contribution in [2.45, 2.75) is 65.6 Å². The molecule has 5 rings (SSSR count). The second kappa shape index (κ2) is 10.4. The molecule has 2 aromatic carbocycles. The minimum Gasteiger partial charge on any atom is -0.475 e. The molecule has 0 amide bonds. The highest BCUT2D eigenvalue weighted by Crippen LogP contribution is 2.41. The number of alkyl halides is 3. The molecule has 9 heteroatoms. The van der Waals surface area contributed by atoms with Crippen LogP contribution < -0.4 is 10.2 Å². The lowest BCUT2D eigenvalue weighted by Gasteiger charge is -2.34. The Kier molecular flexibility index (Phi) is 7.43. The van der Waals surface area contributed by atoms with Crippen LogP contribution in [0.15, 0.2) is 36.4 Å². The Labute approximate surface area is 214 Å². The van der Waals surface area contributed by atoms with Gasteiger partial charge in [-0.05, 0) is 75.6 Å². The molecule has 1 aliphatic carbocycles. The number of carboxylic acids is 1. The lowest BCUT2D eigenvalue weighted by molar-refractivity contribution is -0.192. The number of carboxylic acid groups (broad SMARTS) is 1. The summed E-state index contributed by atoms with van der Waals surface area (Å²) in [4.78, 5) is 21.3. The number of aromatic nitrogens is 2. The summed E-state index contributed by atoms with van der Waals surface area (Å²) in [5.74, 6) is -0.932. The summed E-state index contributed by atoms with van der Waals surface area (Å²) in [7, 11) is 0. The molecule has 0 bridgehead atoms. The number of aliphatic carboxylic acids is 1. The van der Waals surface area contributed by atoms with E-state index in [1.54, 1.807) is 0 Å². The zero-order chi connectivity index (χ0) is 26.9. The molecule has 1 unspecified atom stereocenters. The molecule has 1 aliphatic heterocycles. The maximum atomic E-state index is 10.6. The van der Waals surface area contributed by atoms with Crippen molar-refractivity contribution in [1.82, 2.24) is 9.97 Å². The number of carbonyl (C=O) groups is 1. The predicted molar refractivity (Wildman–Crippen MR) is 138 cm³/mol. The number of halogens is 3. The topological polar surface area (TPSA) is 78.4 Å². The van der Waals surface area contributed by atoms with Crippen LogP contribution in [0.1, 0.15) is 58.0 Å². The zero-order valence-electron chi connectivity index (χ0n) is 21.4. The standard InChI is InChI=1S/C26H30N4.C2HF3O2/c1-16-14-17(2)24(18(3)15-16)28-26-27-19(4)21-12-13-30(25(21)29-26)23-11-7-9-20-8-5-6-10-22(20)23;3-2(4,5)1(6)7/h5-6,8,10,14-15,23H,7,9,11-13H2,1-4H3,(H,27,28,29);(H,6,7). The highest BCUT2D eigenvalue weighted by molar-refractivity contribution is 5.73. The van der Waals surface area contributed by atoms with E-state index >= 15 is 0 Å². The number of anilines is 3. The van der Waals surface area contributed by atoms with Crippen molar-refractivity contribution in [2.24, 2.45) is 0 Å². The van der Waals surface area contributed by atoms with E-state index in [9.17, 15) is 13.2 Å². The summed E-state index contributed by atoms with van der Waals surface area (Å²) < 4.78 is 31.7. The number of nitrogens with one attached hydrogen (secondary N) is 1. The smallest absolute Gasteiger partial charge is 0.475 e. The maximum Gasteiger partial charge on any atom is 0.490 e. The van der Waals surface area contributed by atoms with E-state index in [4.69, 9.17) is 19.9 Å². The lowest BCUT2D eigenvalue weighted by Crippen LogP contribution is -2.30. The van der Waals surface area contributed by atoms with Crippen molar-refractivity contribution in [3.63, 3.8) is 0 Å². The number of rotatable bonds is 3. The van der Waals surface area contributed by atoms with Crippen molar-refractivity contribution in [3.8, 4) is 0 Å². The Morgan fingerprint density at radius 1 is 1.05 bits per heavy atom. The monoisotopic (exact) mass is 512 g/mol. The number of benzene rings is 2. The number of fused-ring (bicyclic) bond motifs is 2. The van der Waals surface area contributed by atoms with E-state index in [0.29, 0.717) is 12.0 Å². The molecule has 1 aromatic heterocycles. The van der Waals surface area contributed by atoms with E-state index in [1.165, 1.54) is 52.6 Å². The van der Waals surface area contributed by atoms with E-state index in [2.05, 4.69) is 74.3 Å². The first-order valence-electron chi connectivity index (χ1n) is 12.3. The molecule has 0 fully saturated rings. The fourth-order valence-corrected chi connectivity index (χ4v) is 5.35. The molecule has 196 valence electrons. The van der Waals surface area contributed by atoms with Gasteiger partial charge in [0.05, 0.1) is 6.04 Å². The first-order valence-corrected chi connectivity index (χ1v) is 12.3. The Morgan fingerprint density at radius 3 is 2.35 bits per heavy atom. The molecule has 0 spiro atoms. The third kappa shape index (κ3) is 5.70. The largest absolute Gasteiger partial charge is 0.490 e. The fourth-order valence-electron chi connectivity index (χ4n) is 5.35. The van der Waals surface area contributed by atoms with E-state index in [0.717, 1.165) is 30.2 Å². The zero-order valence-corrected chi connectivity index (χ0v) is 21.4. The molecule has 2 aliphatic rings. The second-order valence-electron chi connectivity index (χ2n) is 9.69. The number of aryl methyl sites for hydroxylation is 5. The quantitative estimate of drug-likeness (QED) is 0.416. The normalized spacial score (nSPS) is 16.4. The van der Waals surface area contributed by atoms with Crippen molar-refractivity contribution >= 4 is 23.4 Å². The third-order valence-electron chi connectivity index (χ3n) is 6.94. The van der Waals surface area contributed by atoms with Gasteiger partial charge in [-0.2, -0.15) is 18.2 Å². The molecule has 3 aromatic rings. The minimum atomic E-state index is -5.08. The van der Waals surface area contributed by atoms with Crippen LogP contribution in [0.4, 0.5) is 30.6 Å². The molecule has 1 atom stereocenters. The highest BCUT2D eigenvalue weighted by atomic mass is 19.4. The Balaban J connectivity index is 0.000000405. The van der Waals surface area contributed by atoms with Crippen LogP contribution in [0.25, 0.3) is 0 Å². The van der Waals surface area contributed by atoms with Crippen molar-refractivity contribution < 1.29 is 23.1 Å². The molecular formula is C28H31F3N4O2. The Hall–Kier alpha value is -3.62. The number of hydrogen-bond acceptors (Lipinski definition) is 5. The molecule has 2 heterocycles. The molecule has 6 nitrogen and oxygen atoms in total. The van der Waals surface area contributed by atoms with Gasteiger partial charge in [0.2, 0.25) is 5.95 Å². The Bertz CT molecular complexity index is 1300. The van der Waals surface area contributed by atoms with Gasteiger partial charge in [0.1, 0.15) is 5.82 Å². The summed E-state index contributed by atoms with van der Waals surface area (Å²) in [5, 5.41) is 10.7. The molecule has 0 saturated heterocycles. The maximum absolute atomic E-state index is 10.6. The number of hydrogen-bond donors (Lipinski definition) is 2. The number of nitrogens with zero attached hydrogens (tertiary/aromatic N) is 3. The van der Waals surface area contributed by atoms with Gasteiger partial charge in [0.25, 0.3) is 0 Å². The van der Waals surface area contributed by atoms with E-state index in [1.807, 2.05) is 0 Å². The van der Waals surface area contributed by atoms with Crippen LogP contribution in [0, 0.1) is 27.7 Å². The van der Waals surface area contributed by atoms with Crippen molar-refractivity contribution in [2.75, 3.05) is 16.8 Å². The van der Waals surface area contributed by atoms with Crippen LogP contribution in [0.3, 0.4) is 0 Å². The fraction of sp³-hybridized carbons (Fsp3) is 0.393. The van der Waals surface area contributed by atoms with Crippen LogP contribution in [-0.2, 0) is 17.6 Å². The van der Waals surface area contributed by atoms with Crippen LogP contribution in [0.2, 0.25) is 0 Å². The SMILES string of the molecule is Cc1cc(C)c(Nc2nc(C)c3c(n2)N(C2CCCc4ccccc42)CC3)c(C)c1.O=C(O)C(F)(F)F. The molecule has 0 saturated carbocycles. The van der Waals surface area contributed by atoms with E-state index in [-0.39, 0.29) is 0 Å². The van der Waals surface area contributed by atoms with Crippen molar-refractivity contribution in [3.05, 3.63) is 75.5 Å². The lowest BCUT2D eigenvalue weighted by atomic mass is 9.87. The third-order valence-corrected chi connectivity index (χ3v) is 6.94. The average Bonchev–Trinajstić information content (AvgIpc) is 3.25. The van der Waals surface area contributed by atoms with Gasteiger partial charge in [-0.15, -0.1) is 0 Å². The first kappa shape index (κ1) is 26.4. The van der Waals surface area contributed by atoms with Crippen LogP contribution in [0.5, 0.6) is 0 Å². The summed E-state index contributed by atoms with van der Waals surface area (Å²) >= 11 is 0. The summed E-state index contributed by atoms with van der Waals surface area (Å²) in [6, 6.07) is 13.8. The summed E-state index contributed by atoms with van der Waals surface area (Å²) in [6.45, 7) is 9.58. The van der Waals surface area contributed by atoms with Crippen molar-refractivity contribution in [1.29, 1.82) is 0 Å². The first-order chi connectivity index (χ1) is 17.5. The van der Waals surface area contributed by atoms with Gasteiger partial charge in [-0.3, -0.25) is 0 Å². The Morgan fingerprint density at radius 2 is 1.70 bits per heavy atom. The van der Waals surface area contributed by atoms with Gasteiger partial charge >= 0.3 is 12.1 Å². The average molecular weight is 513 g/mol. The van der Waals surface area contributed by atoms with Crippen LogP contribution in [-0.4, -0.2) is 33.8 Å². The van der Waals surface area contributed by atoms with Crippen LogP contribution >= 0.6 is 0 Å². The second-order valence-corrected chi connectivity index (χ2v) is 9.69. The van der Waals surface area contributed by atoms with Gasteiger partial charge in [-0.1, -0.05) is 42.0 Å². The molecule has 2 N–H and O–H groups in total. The van der Waals surface area contributed by atoms with Gasteiger partial charge < -0.3 is 15.3 Å². The van der Waals surface area contributed by atoms with E-state index < -0.39 is 12.1 Å². The highest BCUT2D eigenvalue weighted by Gasteiger charge is 2.38.